The van der Waals surface area contributed by atoms with Crippen molar-refractivity contribution in [2.75, 3.05) is 0 Å². The summed E-state index contributed by atoms with van der Waals surface area (Å²) in [7, 11) is 1.50. The van der Waals surface area contributed by atoms with Gasteiger partial charge in [0, 0.05) is 19.2 Å². The lowest BCUT2D eigenvalue weighted by atomic mass is 10.0. The van der Waals surface area contributed by atoms with Gasteiger partial charge < -0.3 is 5.11 Å². The second-order valence-corrected chi connectivity index (χ2v) is 9.04. The fraction of sp³-hybridized carbons (Fsp3) is 0.222. The molecule has 0 saturated heterocycles. The van der Waals surface area contributed by atoms with Crippen LogP contribution in [0.3, 0.4) is 0 Å². The molecule has 0 aliphatic heterocycles. The highest BCUT2D eigenvalue weighted by atomic mass is 16.3. The molecular weight excluding hydrogens is 428 g/mol. The molecule has 0 amide bonds. The van der Waals surface area contributed by atoms with Crippen LogP contribution < -0.4 is 11.2 Å². The molecule has 0 radical (unpaired) electrons. The van der Waals surface area contributed by atoms with E-state index in [2.05, 4.69) is 24.3 Å². The molecule has 7 heteroatoms. The van der Waals surface area contributed by atoms with Gasteiger partial charge in [0.05, 0.1) is 12.2 Å². The molecule has 0 aliphatic rings. The fourth-order valence-electron chi connectivity index (χ4n) is 4.51. The zero-order valence-corrected chi connectivity index (χ0v) is 19.4. The smallest absolute Gasteiger partial charge is 0.332 e. The average Bonchev–Trinajstić information content (AvgIpc) is 3.20. The van der Waals surface area contributed by atoms with Crippen molar-refractivity contribution in [1.82, 2.24) is 18.9 Å². The van der Waals surface area contributed by atoms with Gasteiger partial charge in [-0.15, -0.1) is 0 Å². The van der Waals surface area contributed by atoms with Crippen LogP contribution >= 0.6 is 0 Å². The Hall–Kier alpha value is -4.13. The van der Waals surface area contributed by atoms with E-state index in [4.69, 9.17) is 5.10 Å². The molecule has 7 nitrogen and oxygen atoms in total. The zero-order chi connectivity index (χ0) is 24.0. The summed E-state index contributed by atoms with van der Waals surface area (Å²) in [5.41, 5.74) is 2.05. The van der Waals surface area contributed by atoms with Gasteiger partial charge in [0.2, 0.25) is 0 Å². The Labute approximate surface area is 196 Å². The van der Waals surface area contributed by atoms with E-state index in [9.17, 15) is 14.7 Å². The van der Waals surface area contributed by atoms with Crippen LogP contribution in [0.1, 0.15) is 19.4 Å². The molecule has 3 aromatic carbocycles. The fourth-order valence-corrected chi connectivity index (χ4v) is 4.51. The van der Waals surface area contributed by atoms with Crippen molar-refractivity contribution < 1.29 is 5.11 Å². The molecule has 0 fully saturated rings. The van der Waals surface area contributed by atoms with Crippen LogP contribution in [-0.2, 0) is 20.1 Å². The van der Waals surface area contributed by atoms with Crippen LogP contribution in [0.15, 0.2) is 76.3 Å². The lowest BCUT2D eigenvalue weighted by Crippen LogP contribution is -2.38. The number of hydrogen-bond acceptors (Lipinski definition) is 4. The molecule has 0 saturated carbocycles. The third-order valence-electron chi connectivity index (χ3n) is 6.11. The molecule has 0 atom stereocenters. The van der Waals surface area contributed by atoms with Gasteiger partial charge in [0.25, 0.3) is 5.56 Å². The molecule has 0 aliphatic carbocycles. The summed E-state index contributed by atoms with van der Waals surface area (Å²) in [6, 6.07) is 21.0. The number of aromatic nitrogens is 4. The molecule has 0 spiro atoms. The number of nitrogens with zero attached hydrogens (tertiary/aromatic N) is 4. The highest BCUT2D eigenvalue weighted by Gasteiger charge is 2.23. The van der Waals surface area contributed by atoms with Gasteiger partial charge in [0.1, 0.15) is 11.1 Å². The predicted molar refractivity (Wildman–Crippen MR) is 134 cm³/mol. The molecule has 0 bridgehead atoms. The third-order valence-corrected chi connectivity index (χ3v) is 6.11. The summed E-state index contributed by atoms with van der Waals surface area (Å²) >= 11 is 0. The van der Waals surface area contributed by atoms with Gasteiger partial charge in [-0.25, -0.2) is 4.79 Å². The Morgan fingerprint density at radius 1 is 0.941 bits per heavy atom. The minimum absolute atomic E-state index is 0.137. The molecular formula is C27H26N4O3. The maximum atomic E-state index is 13.4. The number of rotatable bonds is 5. The SMILES string of the molecule is CC(C)Cn1c(=O)n(C)c(=O)c2c(-c3ccc(O)cc3)n(Cc3cccc4ccccc34)nc21. The Bertz CT molecular complexity index is 1630. The van der Waals surface area contributed by atoms with Gasteiger partial charge in [-0.2, -0.15) is 5.10 Å². The Morgan fingerprint density at radius 3 is 2.38 bits per heavy atom. The van der Waals surface area contributed by atoms with Crippen molar-refractivity contribution in [2.45, 2.75) is 26.9 Å². The second kappa shape index (κ2) is 8.33. The quantitative estimate of drug-likeness (QED) is 0.433. The van der Waals surface area contributed by atoms with E-state index in [0.717, 1.165) is 26.5 Å². The molecule has 2 aromatic heterocycles. The van der Waals surface area contributed by atoms with E-state index in [1.54, 1.807) is 33.5 Å². The van der Waals surface area contributed by atoms with Gasteiger partial charge in [-0.05, 0) is 46.5 Å². The Morgan fingerprint density at radius 2 is 1.65 bits per heavy atom. The normalized spacial score (nSPS) is 11.6. The largest absolute Gasteiger partial charge is 0.508 e. The minimum Gasteiger partial charge on any atom is -0.508 e. The van der Waals surface area contributed by atoms with Gasteiger partial charge in [0.15, 0.2) is 5.65 Å². The highest BCUT2D eigenvalue weighted by Crippen LogP contribution is 2.29. The van der Waals surface area contributed by atoms with Crippen LogP contribution in [0.2, 0.25) is 0 Å². The number of aromatic hydroxyl groups is 1. The maximum Gasteiger partial charge on any atom is 0.332 e. The van der Waals surface area contributed by atoms with Crippen LogP contribution in [0, 0.1) is 5.92 Å². The van der Waals surface area contributed by atoms with E-state index in [1.165, 1.54) is 7.05 Å². The second-order valence-electron chi connectivity index (χ2n) is 9.04. The van der Waals surface area contributed by atoms with E-state index in [0.29, 0.717) is 29.8 Å². The summed E-state index contributed by atoms with van der Waals surface area (Å²) < 4.78 is 4.54. The lowest BCUT2D eigenvalue weighted by molar-refractivity contribution is 0.475. The predicted octanol–water partition coefficient (Wildman–Crippen LogP) is 4.13. The first-order valence-electron chi connectivity index (χ1n) is 11.3. The minimum atomic E-state index is -0.382. The number of benzene rings is 3. The topological polar surface area (TPSA) is 82.0 Å². The summed E-state index contributed by atoms with van der Waals surface area (Å²) in [6.07, 6.45) is 0. The van der Waals surface area contributed by atoms with E-state index >= 15 is 0 Å². The maximum absolute atomic E-state index is 13.4. The van der Waals surface area contributed by atoms with Crippen LogP contribution in [-0.4, -0.2) is 24.0 Å². The molecule has 2 heterocycles. The zero-order valence-electron chi connectivity index (χ0n) is 19.4. The number of phenolic OH excluding ortho intramolecular Hbond substituents is 1. The Kier molecular flexibility index (Phi) is 5.32. The number of phenols is 1. The van der Waals surface area contributed by atoms with Crippen molar-refractivity contribution >= 4 is 21.8 Å². The van der Waals surface area contributed by atoms with Crippen LogP contribution in [0.5, 0.6) is 5.75 Å². The van der Waals surface area contributed by atoms with Crippen molar-refractivity contribution in [3.8, 4) is 17.0 Å². The summed E-state index contributed by atoms with van der Waals surface area (Å²) in [5, 5.41) is 17.3. The van der Waals surface area contributed by atoms with E-state index < -0.39 is 0 Å². The van der Waals surface area contributed by atoms with Crippen molar-refractivity contribution in [3.63, 3.8) is 0 Å². The molecule has 34 heavy (non-hydrogen) atoms. The summed E-state index contributed by atoms with van der Waals surface area (Å²) in [6.45, 7) is 4.92. The van der Waals surface area contributed by atoms with Crippen molar-refractivity contribution in [2.24, 2.45) is 13.0 Å². The van der Waals surface area contributed by atoms with E-state index in [1.807, 2.05) is 32.0 Å². The average molecular weight is 455 g/mol. The van der Waals surface area contributed by atoms with Crippen molar-refractivity contribution in [1.29, 1.82) is 0 Å². The molecule has 1 N–H and O–H groups in total. The monoisotopic (exact) mass is 454 g/mol. The van der Waals surface area contributed by atoms with E-state index in [-0.39, 0.29) is 22.9 Å². The highest BCUT2D eigenvalue weighted by molar-refractivity contribution is 5.91. The number of hydrogen-bond donors (Lipinski definition) is 1. The summed E-state index contributed by atoms with van der Waals surface area (Å²) in [5.74, 6) is 0.330. The van der Waals surface area contributed by atoms with Gasteiger partial charge in [-0.1, -0.05) is 56.3 Å². The first-order chi connectivity index (χ1) is 16.3. The lowest BCUT2D eigenvalue weighted by Gasteiger charge is -2.11. The molecule has 0 unspecified atom stereocenters. The van der Waals surface area contributed by atoms with Gasteiger partial charge in [-0.3, -0.25) is 18.6 Å². The summed E-state index contributed by atoms with van der Waals surface area (Å²) in [4.78, 5) is 26.4. The van der Waals surface area contributed by atoms with Crippen LogP contribution in [0.25, 0.3) is 33.1 Å². The number of fused-ring (bicyclic) bond motifs is 2. The standard InChI is InChI=1S/C27H26N4O3/c1-17(2)15-30-25-23(26(33)29(3)27(30)34)24(19-11-13-21(32)14-12-19)31(28-25)16-20-9-6-8-18-7-4-5-10-22(18)20/h4-14,17,32H,15-16H2,1-3H3. The first kappa shape index (κ1) is 21.7. The van der Waals surface area contributed by atoms with Crippen molar-refractivity contribution in [3.05, 3.63) is 93.1 Å². The van der Waals surface area contributed by atoms with Crippen LogP contribution in [0.4, 0.5) is 0 Å². The van der Waals surface area contributed by atoms with Gasteiger partial charge >= 0.3 is 5.69 Å². The molecule has 172 valence electrons. The molecule has 5 rings (SSSR count). The first-order valence-corrected chi connectivity index (χ1v) is 11.3. The third kappa shape index (κ3) is 3.59. The molecule has 5 aromatic rings. The Balaban J connectivity index is 1.84.